The summed E-state index contributed by atoms with van der Waals surface area (Å²) in [5.41, 5.74) is -0.0392. The SMILES string of the molecule is C=C(Br)CNc1nccc(C(=O)O)n1. The van der Waals surface area contributed by atoms with E-state index in [4.69, 9.17) is 5.11 Å². The monoisotopic (exact) mass is 257 g/mol. The molecule has 0 spiro atoms. The summed E-state index contributed by atoms with van der Waals surface area (Å²) >= 11 is 3.15. The Kier molecular flexibility index (Phi) is 3.58. The Balaban J connectivity index is 2.73. The molecular formula is C8H8BrN3O2. The number of nitrogens with zero attached hydrogens (tertiary/aromatic N) is 2. The van der Waals surface area contributed by atoms with Crippen LogP contribution in [0.15, 0.2) is 23.3 Å². The average Bonchev–Trinajstić information content (AvgIpc) is 2.15. The summed E-state index contributed by atoms with van der Waals surface area (Å²) in [7, 11) is 0. The third-order valence-corrected chi connectivity index (χ3v) is 1.59. The lowest BCUT2D eigenvalue weighted by Crippen LogP contribution is -2.08. The lowest BCUT2D eigenvalue weighted by Gasteiger charge is -2.02. The van der Waals surface area contributed by atoms with Crippen LogP contribution in [0.5, 0.6) is 0 Å². The molecule has 1 heterocycles. The maximum atomic E-state index is 10.5. The van der Waals surface area contributed by atoms with Crippen LogP contribution in [0.4, 0.5) is 5.95 Å². The van der Waals surface area contributed by atoms with Crippen LogP contribution in [0, 0.1) is 0 Å². The summed E-state index contributed by atoms with van der Waals surface area (Å²) < 4.78 is 0.738. The molecule has 5 nitrogen and oxygen atoms in total. The third-order valence-electron chi connectivity index (χ3n) is 1.31. The highest BCUT2D eigenvalue weighted by Crippen LogP contribution is 2.04. The van der Waals surface area contributed by atoms with Crippen molar-refractivity contribution in [2.24, 2.45) is 0 Å². The van der Waals surface area contributed by atoms with E-state index < -0.39 is 5.97 Å². The number of anilines is 1. The molecular weight excluding hydrogens is 250 g/mol. The van der Waals surface area contributed by atoms with Crippen LogP contribution in [-0.4, -0.2) is 27.6 Å². The Morgan fingerprint density at radius 1 is 1.71 bits per heavy atom. The van der Waals surface area contributed by atoms with Crippen LogP contribution in [0.2, 0.25) is 0 Å². The summed E-state index contributed by atoms with van der Waals surface area (Å²) in [4.78, 5) is 18.2. The van der Waals surface area contributed by atoms with Gasteiger partial charge in [-0.1, -0.05) is 22.5 Å². The predicted octanol–water partition coefficient (Wildman–Crippen LogP) is 1.50. The molecule has 1 aromatic rings. The van der Waals surface area contributed by atoms with Crippen molar-refractivity contribution in [3.63, 3.8) is 0 Å². The molecule has 0 saturated carbocycles. The summed E-state index contributed by atoms with van der Waals surface area (Å²) in [6, 6.07) is 1.33. The number of carbonyl (C=O) groups is 1. The highest BCUT2D eigenvalue weighted by Gasteiger charge is 2.05. The van der Waals surface area contributed by atoms with Crippen molar-refractivity contribution in [1.29, 1.82) is 0 Å². The second-order valence-electron chi connectivity index (χ2n) is 2.44. The zero-order chi connectivity index (χ0) is 10.6. The van der Waals surface area contributed by atoms with E-state index >= 15 is 0 Å². The summed E-state index contributed by atoms with van der Waals surface area (Å²) in [5.74, 6) is -0.807. The zero-order valence-corrected chi connectivity index (χ0v) is 8.78. The number of carboxylic acid groups (broad SMARTS) is 1. The maximum Gasteiger partial charge on any atom is 0.354 e. The molecule has 0 bridgehead atoms. The molecule has 0 amide bonds. The summed E-state index contributed by atoms with van der Waals surface area (Å²) in [6.45, 7) is 4.06. The van der Waals surface area contributed by atoms with Crippen LogP contribution in [0.25, 0.3) is 0 Å². The molecule has 0 atom stereocenters. The van der Waals surface area contributed by atoms with Crippen molar-refractivity contribution < 1.29 is 9.90 Å². The van der Waals surface area contributed by atoms with Crippen molar-refractivity contribution in [3.05, 3.63) is 29.0 Å². The molecule has 6 heteroatoms. The highest BCUT2D eigenvalue weighted by molar-refractivity contribution is 9.11. The van der Waals surface area contributed by atoms with Gasteiger partial charge in [-0.05, 0) is 6.07 Å². The number of hydrogen-bond donors (Lipinski definition) is 2. The topological polar surface area (TPSA) is 75.1 Å². The predicted molar refractivity (Wildman–Crippen MR) is 55.5 cm³/mol. The number of nitrogens with one attached hydrogen (secondary N) is 1. The smallest absolute Gasteiger partial charge is 0.354 e. The van der Waals surface area contributed by atoms with Crippen molar-refractivity contribution in [2.45, 2.75) is 0 Å². The normalized spacial score (nSPS) is 9.50. The van der Waals surface area contributed by atoms with Gasteiger partial charge in [-0.3, -0.25) is 0 Å². The molecule has 0 fully saturated rings. The Morgan fingerprint density at radius 2 is 2.43 bits per heavy atom. The zero-order valence-electron chi connectivity index (χ0n) is 7.20. The van der Waals surface area contributed by atoms with Gasteiger partial charge in [-0.2, -0.15) is 0 Å². The van der Waals surface area contributed by atoms with Gasteiger partial charge in [-0.15, -0.1) is 0 Å². The maximum absolute atomic E-state index is 10.5. The van der Waals surface area contributed by atoms with E-state index in [1.165, 1.54) is 12.3 Å². The summed E-state index contributed by atoms with van der Waals surface area (Å²) in [5, 5.41) is 11.4. The van der Waals surface area contributed by atoms with Crippen molar-refractivity contribution in [2.75, 3.05) is 11.9 Å². The molecule has 14 heavy (non-hydrogen) atoms. The van der Waals surface area contributed by atoms with Crippen LogP contribution in [0.3, 0.4) is 0 Å². The number of carboxylic acids is 1. The first kappa shape index (κ1) is 10.6. The van der Waals surface area contributed by atoms with Gasteiger partial charge in [-0.25, -0.2) is 14.8 Å². The van der Waals surface area contributed by atoms with Gasteiger partial charge in [0.2, 0.25) is 5.95 Å². The molecule has 1 aromatic heterocycles. The van der Waals surface area contributed by atoms with Gasteiger partial charge in [0.15, 0.2) is 5.69 Å². The number of aromatic nitrogens is 2. The molecule has 0 saturated heterocycles. The largest absolute Gasteiger partial charge is 0.477 e. The molecule has 2 N–H and O–H groups in total. The molecule has 0 aromatic carbocycles. The van der Waals surface area contributed by atoms with Crippen molar-refractivity contribution in [3.8, 4) is 0 Å². The van der Waals surface area contributed by atoms with Crippen LogP contribution >= 0.6 is 15.9 Å². The fourth-order valence-corrected chi connectivity index (χ4v) is 0.878. The van der Waals surface area contributed by atoms with E-state index in [-0.39, 0.29) is 11.6 Å². The van der Waals surface area contributed by atoms with E-state index in [0.29, 0.717) is 6.54 Å². The first-order valence-electron chi connectivity index (χ1n) is 3.73. The number of halogens is 1. The Hall–Kier alpha value is -1.43. The average molecular weight is 258 g/mol. The van der Waals surface area contributed by atoms with Crippen LogP contribution in [-0.2, 0) is 0 Å². The first-order valence-corrected chi connectivity index (χ1v) is 4.52. The lowest BCUT2D eigenvalue weighted by atomic mass is 10.4. The number of aromatic carboxylic acids is 1. The van der Waals surface area contributed by atoms with Crippen molar-refractivity contribution >= 4 is 27.8 Å². The van der Waals surface area contributed by atoms with Crippen molar-refractivity contribution in [1.82, 2.24) is 9.97 Å². The Labute approximate surface area is 89.0 Å². The number of hydrogen-bond acceptors (Lipinski definition) is 4. The molecule has 0 aliphatic heterocycles. The number of rotatable bonds is 4. The molecule has 0 unspecified atom stereocenters. The Bertz CT molecular complexity index is 367. The quantitative estimate of drug-likeness (QED) is 0.855. The van der Waals surface area contributed by atoms with Gasteiger partial charge in [0.05, 0.1) is 0 Å². The van der Waals surface area contributed by atoms with Gasteiger partial charge >= 0.3 is 5.97 Å². The second kappa shape index (κ2) is 4.71. The Morgan fingerprint density at radius 3 is 3.00 bits per heavy atom. The molecule has 74 valence electrons. The lowest BCUT2D eigenvalue weighted by molar-refractivity contribution is 0.0690. The minimum atomic E-state index is -1.08. The van der Waals surface area contributed by atoms with Gasteiger partial charge in [0.25, 0.3) is 0 Å². The van der Waals surface area contributed by atoms with Crippen LogP contribution < -0.4 is 5.32 Å². The fourth-order valence-electron chi connectivity index (χ4n) is 0.738. The van der Waals surface area contributed by atoms with Gasteiger partial charge in [0, 0.05) is 17.2 Å². The first-order chi connectivity index (χ1) is 6.59. The van der Waals surface area contributed by atoms with E-state index in [0.717, 1.165) is 4.48 Å². The second-order valence-corrected chi connectivity index (χ2v) is 3.56. The molecule has 0 radical (unpaired) electrons. The van der Waals surface area contributed by atoms with E-state index in [1.807, 2.05) is 0 Å². The highest BCUT2D eigenvalue weighted by atomic mass is 79.9. The molecule has 0 aliphatic rings. The molecule has 0 aliphatic carbocycles. The minimum absolute atomic E-state index is 0.0392. The standard InChI is InChI=1S/C8H8BrN3O2/c1-5(9)4-11-8-10-3-2-6(12-8)7(13)14/h2-3H,1,4H2,(H,13,14)(H,10,11,12). The fraction of sp³-hybridized carbons (Fsp3) is 0.125. The third kappa shape index (κ3) is 3.14. The van der Waals surface area contributed by atoms with E-state index in [1.54, 1.807) is 0 Å². The van der Waals surface area contributed by atoms with E-state index in [2.05, 4.69) is 37.8 Å². The van der Waals surface area contributed by atoms with E-state index in [9.17, 15) is 4.79 Å². The van der Waals surface area contributed by atoms with Gasteiger partial charge in [0.1, 0.15) is 0 Å². The van der Waals surface area contributed by atoms with Crippen LogP contribution in [0.1, 0.15) is 10.5 Å². The summed E-state index contributed by atoms with van der Waals surface area (Å²) in [6.07, 6.45) is 1.38. The van der Waals surface area contributed by atoms with Gasteiger partial charge < -0.3 is 10.4 Å². The minimum Gasteiger partial charge on any atom is -0.477 e. The molecule has 1 rings (SSSR count).